The highest BCUT2D eigenvalue weighted by Gasteiger charge is 2.35. The van der Waals surface area contributed by atoms with Crippen LogP contribution in [-0.2, 0) is 4.79 Å². The molecule has 2 saturated carbocycles. The molecule has 6 nitrogen and oxygen atoms in total. The number of hydrogen-bond donors (Lipinski definition) is 3. The minimum Gasteiger partial charge on any atom is -0.481 e. The number of aliphatic hydroxyl groups is 1. The Balaban J connectivity index is 1.96. The average Bonchev–Trinajstić information content (AvgIpc) is 2.94. The van der Waals surface area contributed by atoms with Gasteiger partial charge in [-0.05, 0) is 25.7 Å². The van der Waals surface area contributed by atoms with Crippen molar-refractivity contribution in [3.8, 4) is 0 Å². The molecule has 2 aliphatic carbocycles. The third-order valence-corrected chi connectivity index (χ3v) is 4.76. The Morgan fingerprint density at radius 2 is 1.76 bits per heavy atom. The van der Waals surface area contributed by atoms with Gasteiger partial charge < -0.3 is 20.4 Å². The van der Waals surface area contributed by atoms with Gasteiger partial charge in [-0.15, -0.1) is 0 Å². The molecule has 0 saturated heterocycles. The summed E-state index contributed by atoms with van der Waals surface area (Å²) in [6, 6.07) is -0.315. The molecular formula is C15H26N2O4. The predicted molar refractivity (Wildman–Crippen MR) is 78.0 cm³/mol. The average molecular weight is 298 g/mol. The molecule has 0 aliphatic heterocycles. The van der Waals surface area contributed by atoms with Crippen LogP contribution in [0.5, 0.6) is 0 Å². The molecule has 21 heavy (non-hydrogen) atoms. The number of nitrogens with zero attached hydrogens (tertiary/aromatic N) is 1. The fourth-order valence-corrected chi connectivity index (χ4v) is 3.62. The predicted octanol–water partition coefficient (Wildman–Crippen LogP) is 1.58. The van der Waals surface area contributed by atoms with Gasteiger partial charge in [0.05, 0.1) is 12.5 Å². The Labute approximate surface area is 125 Å². The topological polar surface area (TPSA) is 89.9 Å². The zero-order valence-corrected chi connectivity index (χ0v) is 12.5. The number of aliphatic carboxylic acids is 1. The minimum atomic E-state index is -0.829. The molecule has 2 unspecified atom stereocenters. The summed E-state index contributed by atoms with van der Waals surface area (Å²) in [5.41, 5.74) is 0. The number of hydrogen-bond acceptors (Lipinski definition) is 3. The summed E-state index contributed by atoms with van der Waals surface area (Å²) in [5.74, 6) is -1.31. The quantitative estimate of drug-likeness (QED) is 0.719. The summed E-state index contributed by atoms with van der Waals surface area (Å²) in [6.45, 7) is 0.262. The molecular weight excluding hydrogens is 272 g/mol. The largest absolute Gasteiger partial charge is 0.481 e. The van der Waals surface area contributed by atoms with Gasteiger partial charge in [-0.1, -0.05) is 25.7 Å². The number of carbonyl (C=O) groups excluding carboxylic acids is 1. The number of carboxylic acids is 1. The van der Waals surface area contributed by atoms with Crippen LogP contribution in [0, 0.1) is 5.92 Å². The van der Waals surface area contributed by atoms with Gasteiger partial charge in [0, 0.05) is 18.6 Å². The first-order valence-electron chi connectivity index (χ1n) is 8.04. The second kappa shape index (κ2) is 7.64. The van der Waals surface area contributed by atoms with Crippen LogP contribution < -0.4 is 5.32 Å². The van der Waals surface area contributed by atoms with Crippen LogP contribution in [0.2, 0.25) is 0 Å². The highest BCUT2D eigenvalue weighted by atomic mass is 16.4. The lowest BCUT2D eigenvalue weighted by Crippen LogP contribution is -2.52. The molecule has 0 spiro atoms. The first-order valence-corrected chi connectivity index (χ1v) is 8.04. The van der Waals surface area contributed by atoms with Gasteiger partial charge >= 0.3 is 12.0 Å². The van der Waals surface area contributed by atoms with Crippen LogP contribution in [0.25, 0.3) is 0 Å². The van der Waals surface area contributed by atoms with Gasteiger partial charge in [0.25, 0.3) is 0 Å². The number of amides is 2. The number of nitrogens with one attached hydrogen (secondary N) is 1. The van der Waals surface area contributed by atoms with Crippen molar-refractivity contribution in [1.82, 2.24) is 10.2 Å². The van der Waals surface area contributed by atoms with Crippen molar-refractivity contribution in [2.24, 2.45) is 5.92 Å². The Kier molecular flexibility index (Phi) is 5.85. The number of aliphatic hydroxyl groups excluding tert-OH is 1. The van der Waals surface area contributed by atoms with E-state index in [4.69, 9.17) is 0 Å². The molecule has 2 atom stereocenters. The van der Waals surface area contributed by atoms with E-state index in [1.807, 2.05) is 0 Å². The van der Waals surface area contributed by atoms with Gasteiger partial charge in [-0.2, -0.15) is 0 Å². The third-order valence-electron chi connectivity index (χ3n) is 4.76. The second-order valence-electron chi connectivity index (χ2n) is 6.14. The zero-order valence-electron chi connectivity index (χ0n) is 12.5. The smallest absolute Gasteiger partial charge is 0.317 e. The van der Waals surface area contributed by atoms with E-state index in [1.54, 1.807) is 4.90 Å². The molecule has 2 aliphatic rings. The van der Waals surface area contributed by atoms with Crippen molar-refractivity contribution in [2.75, 3.05) is 13.2 Å². The lowest BCUT2D eigenvalue weighted by Gasteiger charge is -2.35. The summed E-state index contributed by atoms with van der Waals surface area (Å²) >= 11 is 0. The van der Waals surface area contributed by atoms with Gasteiger partial charge in [0.15, 0.2) is 0 Å². The molecule has 120 valence electrons. The van der Waals surface area contributed by atoms with Gasteiger partial charge in [0.2, 0.25) is 0 Å². The number of carbonyl (C=O) groups is 2. The maximum absolute atomic E-state index is 12.5. The Morgan fingerprint density at radius 3 is 2.38 bits per heavy atom. The maximum atomic E-state index is 12.5. The first-order chi connectivity index (χ1) is 10.1. The molecule has 0 aromatic rings. The van der Waals surface area contributed by atoms with E-state index >= 15 is 0 Å². The van der Waals surface area contributed by atoms with Crippen LogP contribution in [0.1, 0.15) is 51.4 Å². The van der Waals surface area contributed by atoms with Crippen molar-refractivity contribution < 1.29 is 19.8 Å². The highest BCUT2D eigenvalue weighted by molar-refractivity contribution is 5.77. The minimum absolute atomic E-state index is 0.0586. The van der Waals surface area contributed by atoms with Crippen molar-refractivity contribution in [2.45, 2.75) is 63.5 Å². The molecule has 2 amide bonds. The Bertz CT molecular complexity index is 369. The van der Waals surface area contributed by atoms with Crippen LogP contribution in [0.3, 0.4) is 0 Å². The van der Waals surface area contributed by atoms with Crippen molar-refractivity contribution in [3.63, 3.8) is 0 Å². The first kappa shape index (κ1) is 16.1. The second-order valence-corrected chi connectivity index (χ2v) is 6.14. The molecule has 0 heterocycles. The lowest BCUT2D eigenvalue weighted by molar-refractivity contribution is -0.142. The van der Waals surface area contributed by atoms with E-state index < -0.39 is 11.9 Å². The van der Waals surface area contributed by atoms with Crippen LogP contribution in [0.4, 0.5) is 4.79 Å². The Hall–Kier alpha value is -1.30. The van der Waals surface area contributed by atoms with Crippen molar-refractivity contribution >= 4 is 12.0 Å². The van der Waals surface area contributed by atoms with Crippen LogP contribution >= 0.6 is 0 Å². The van der Waals surface area contributed by atoms with E-state index in [0.717, 1.165) is 38.5 Å². The van der Waals surface area contributed by atoms with E-state index in [1.165, 1.54) is 6.42 Å². The Morgan fingerprint density at radius 1 is 1.05 bits per heavy atom. The monoisotopic (exact) mass is 298 g/mol. The molecule has 0 aromatic heterocycles. The molecule has 0 radical (unpaired) electrons. The fraction of sp³-hybridized carbons (Fsp3) is 0.867. The van der Waals surface area contributed by atoms with E-state index in [-0.39, 0.29) is 24.7 Å². The number of rotatable bonds is 5. The third kappa shape index (κ3) is 4.09. The van der Waals surface area contributed by atoms with Crippen LogP contribution in [-0.4, -0.2) is 52.3 Å². The van der Waals surface area contributed by atoms with Gasteiger partial charge in [-0.3, -0.25) is 4.79 Å². The molecule has 3 N–H and O–H groups in total. The lowest BCUT2D eigenvalue weighted by atomic mass is 9.94. The molecule has 2 fully saturated rings. The van der Waals surface area contributed by atoms with Crippen LogP contribution in [0.15, 0.2) is 0 Å². The van der Waals surface area contributed by atoms with Crippen molar-refractivity contribution in [1.29, 1.82) is 0 Å². The van der Waals surface area contributed by atoms with Gasteiger partial charge in [0.1, 0.15) is 0 Å². The molecule has 2 rings (SSSR count). The standard InChI is InChI=1S/C15H26N2O4/c18-10-9-17(11-5-2-1-3-6-11)15(21)16-13-8-4-7-12(13)14(19)20/h11-13,18H,1-10H2,(H,16,21)(H,19,20). The fourth-order valence-electron chi connectivity index (χ4n) is 3.62. The molecule has 0 bridgehead atoms. The summed E-state index contributed by atoms with van der Waals surface area (Å²) in [5, 5.41) is 21.3. The summed E-state index contributed by atoms with van der Waals surface area (Å²) in [4.78, 5) is 25.4. The number of urea groups is 1. The van der Waals surface area contributed by atoms with E-state index in [2.05, 4.69) is 5.32 Å². The molecule has 0 aromatic carbocycles. The normalized spacial score (nSPS) is 26.5. The van der Waals surface area contributed by atoms with E-state index in [9.17, 15) is 19.8 Å². The van der Waals surface area contributed by atoms with Crippen molar-refractivity contribution in [3.05, 3.63) is 0 Å². The van der Waals surface area contributed by atoms with E-state index in [0.29, 0.717) is 13.0 Å². The number of carboxylic acid groups (broad SMARTS) is 1. The summed E-state index contributed by atoms with van der Waals surface area (Å²) in [6.07, 6.45) is 7.56. The summed E-state index contributed by atoms with van der Waals surface area (Å²) in [7, 11) is 0. The van der Waals surface area contributed by atoms with Gasteiger partial charge in [-0.25, -0.2) is 4.79 Å². The SMILES string of the molecule is O=C(O)C1CCCC1NC(=O)N(CCO)C1CCCCC1. The molecule has 6 heteroatoms. The zero-order chi connectivity index (χ0) is 15.2. The highest BCUT2D eigenvalue weighted by Crippen LogP contribution is 2.27. The maximum Gasteiger partial charge on any atom is 0.317 e. The summed E-state index contributed by atoms with van der Waals surface area (Å²) < 4.78 is 0.